The summed E-state index contributed by atoms with van der Waals surface area (Å²) in [6.45, 7) is 0. The van der Waals surface area contributed by atoms with E-state index in [1.54, 1.807) is 43.5 Å². The van der Waals surface area contributed by atoms with Gasteiger partial charge in [0.15, 0.2) is 0 Å². The Hall–Kier alpha value is -2.09. The van der Waals surface area contributed by atoms with Gasteiger partial charge in [-0.05, 0) is 59.0 Å². The number of halogens is 1. The van der Waals surface area contributed by atoms with Gasteiger partial charge in [0.2, 0.25) is 0 Å². The highest BCUT2D eigenvalue weighted by molar-refractivity contribution is 14.1. The molecule has 0 unspecified atom stereocenters. The zero-order valence-electron chi connectivity index (χ0n) is 12.0. The van der Waals surface area contributed by atoms with E-state index in [9.17, 15) is 9.59 Å². The molecule has 0 fully saturated rings. The van der Waals surface area contributed by atoms with Gasteiger partial charge >= 0.3 is 11.9 Å². The fourth-order valence-electron chi connectivity index (χ4n) is 1.76. The highest BCUT2D eigenvalue weighted by Gasteiger charge is 2.13. The molecule has 2 aromatic rings. The van der Waals surface area contributed by atoms with E-state index in [1.165, 1.54) is 13.2 Å². The molecular formula is C16H13IO5. The minimum atomic E-state index is -0.511. The van der Waals surface area contributed by atoms with E-state index < -0.39 is 11.9 Å². The molecule has 2 aromatic carbocycles. The van der Waals surface area contributed by atoms with Gasteiger partial charge in [0.25, 0.3) is 0 Å². The van der Waals surface area contributed by atoms with E-state index >= 15 is 0 Å². The molecule has 0 N–H and O–H groups in total. The minimum absolute atomic E-state index is 0.277. The summed E-state index contributed by atoms with van der Waals surface area (Å²) in [6.07, 6.45) is 0. The first-order valence-corrected chi connectivity index (χ1v) is 7.37. The van der Waals surface area contributed by atoms with Gasteiger partial charge < -0.3 is 14.2 Å². The SMILES string of the molecule is COC(=O)c1cccc(OC(=O)c2ccc(OC)c(I)c2)c1. The predicted octanol–water partition coefficient (Wildman–Crippen LogP) is 3.31. The number of hydrogen-bond donors (Lipinski definition) is 0. The third-order valence-corrected chi connectivity index (χ3v) is 3.70. The zero-order chi connectivity index (χ0) is 16.1. The summed E-state index contributed by atoms with van der Waals surface area (Å²) in [6, 6.07) is 11.2. The topological polar surface area (TPSA) is 61.8 Å². The van der Waals surface area contributed by atoms with Crippen molar-refractivity contribution in [1.29, 1.82) is 0 Å². The number of methoxy groups -OCH3 is 2. The summed E-state index contributed by atoms with van der Waals surface area (Å²) < 4.78 is 15.8. The molecule has 0 aliphatic heterocycles. The molecule has 0 spiro atoms. The number of benzene rings is 2. The standard InChI is InChI=1S/C16H13IO5/c1-20-14-7-6-11(9-13(14)17)16(19)22-12-5-3-4-10(8-12)15(18)21-2/h3-9H,1-2H3. The van der Waals surface area contributed by atoms with E-state index in [0.717, 1.165) is 3.57 Å². The lowest BCUT2D eigenvalue weighted by Crippen LogP contribution is -2.10. The number of carbonyl (C=O) groups excluding carboxylic acids is 2. The first-order valence-electron chi connectivity index (χ1n) is 6.29. The molecule has 22 heavy (non-hydrogen) atoms. The van der Waals surface area contributed by atoms with Crippen LogP contribution in [0.25, 0.3) is 0 Å². The molecule has 6 heteroatoms. The van der Waals surface area contributed by atoms with Gasteiger partial charge in [-0.1, -0.05) is 6.07 Å². The van der Waals surface area contributed by atoms with Crippen molar-refractivity contribution in [2.24, 2.45) is 0 Å². The van der Waals surface area contributed by atoms with Crippen molar-refractivity contribution in [1.82, 2.24) is 0 Å². The Balaban J connectivity index is 2.18. The van der Waals surface area contributed by atoms with Crippen molar-refractivity contribution in [3.8, 4) is 11.5 Å². The third-order valence-electron chi connectivity index (χ3n) is 2.85. The van der Waals surface area contributed by atoms with Crippen LogP contribution >= 0.6 is 22.6 Å². The number of esters is 2. The fraction of sp³-hybridized carbons (Fsp3) is 0.125. The van der Waals surface area contributed by atoms with Crippen molar-refractivity contribution in [3.63, 3.8) is 0 Å². The van der Waals surface area contributed by atoms with Crippen LogP contribution in [0.1, 0.15) is 20.7 Å². The number of carbonyl (C=O) groups is 2. The first kappa shape index (κ1) is 16.3. The fourth-order valence-corrected chi connectivity index (χ4v) is 2.50. The Morgan fingerprint density at radius 3 is 2.32 bits per heavy atom. The smallest absolute Gasteiger partial charge is 0.343 e. The maximum absolute atomic E-state index is 12.1. The van der Waals surface area contributed by atoms with Crippen LogP contribution in [0.5, 0.6) is 11.5 Å². The quantitative estimate of drug-likeness (QED) is 0.438. The van der Waals surface area contributed by atoms with E-state index in [0.29, 0.717) is 16.9 Å². The van der Waals surface area contributed by atoms with Crippen LogP contribution in [0.3, 0.4) is 0 Å². The Morgan fingerprint density at radius 1 is 0.955 bits per heavy atom. The van der Waals surface area contributed by atoms with Gasteiger partial charge in [0.05, 0.1) is 28.9 Å². The monoisotopic (exact) mass is 412 g/mol. The third kappa shape index (κ3) is 3.76. The van der Waals surface area contributed by atoms with Crippen LogP contribution < -0.4 is 9.47 Å². The van der Waals surface area contributed by atoms with Gasteiger partial charge in [0.1, 0.15) is 11.5 Å². The lowest BCUT2D eigenvalue weighted by Gasteiger charge is -2.08. The molecular weight excluding hydrogens is 399 g/mol. The van der Waals surface area contributed by atoms with Crippen molar-refractivity contribution in [3.05, 3.63) is 57.2 Å². The molecule has 0 radical (unpaired) electrons. The molecule has 0 amide bonds. The van der Waals surface area contributed by atoms with Crippen LogP contribution in [-0.4, -0.2) is 26.2 Å². The van der Waals surface area contributed by atoms with Gasteiger partial charge in [-0.3, -0.25) is 0 Å². The maximum Gasteiger partial charge on any atom is 0.343 e. The largest absolute Gasteiger partial charge is 0.496 e. The number of ether oxygens (including phenoxy) is 3. The normalized spacial score (nSPS) is 9.95. The summed E-state index contributed by atoms with van der Waals surface area (Å²) in [5.74, 6) is -0.0388. The van der Waals surface area contributed by atoms with Crippen LogP contribution in [0.15, 0.2) is 42.5 Å². The Morgan fingerprint density at radius 2 is 1.68 bits per heavy atom. The Labute approximate surface area is 141 Å². The lowest BCUT2D eigenvalue weighted by atomic mass is 10.2. The van der Waals surface area contributed by atoms with Crippen molar-refractivity contribution >= 4 is 34.5 Å². The van der Waals surface area contributed by atoms with E-state index in [4.69, 9.17) is 9.47 Å². The second-order valence-corrected chi connectivity index (χ2v) is 5.42. The lowest BCUT2D eigenvalue weighted by molar-refractivity contribution is 0.0597. The van der Waals surface area contributed by atoms with Crippen LogP contribution in [0.4, 0.5) is 0 Å². The molecule has 114 valence electrons. The summed E-state index contributed by atoms with van der Waals surface area (Å²) in [5.41, 5.74) is 0.714. The van der Waals surface area contributed by atoms with Crippen LogP contribution in [-0.2, 0) is 4.74 Å². The first-order chi connectivity index (χ1) is 10.5. The Bertz CT molecular complexity index is 711. The summed E-state index contributed by atoms with van der Waals surface area (Å²) in [5, 5.41) is 0. The summed E-state index contributed by atoms with van der Waals surface area (Å²) in [7, 11) is 2.86. The predicted molar refractivity (Wildman–Crippen MR) is 88.5 cm³/mol. The average molecular weight is 412 g/mol. The van der Waals surface area contributed by atoms with E-state index in [2.05, 4.69) is 27.3 Å². The van der Waals surface area contributed by atoms with Crippen LogP contribution in [0.2, 0.25) is 0 Å². The molecule has 0 atom stereocenters. The molecule has 0 saturated carbocycles. The molecule has 0 aromatic heterocycles. The molecule has 5 nitrogen and oxygen atoms in total. The van der Waals surface area contributed by atoms with E-state index in [1.807, 2.05) is 0 Å². The molecule has 0 saturated heterocycles. The van der Waals surface area contributed by atoms with Crippen molar-refractivity contribution in [2.75, 3.05) is 14.2 Å². The molecule has 2 rings (SSSR count). The molecule has 0 aliphatic carbocycles. The number of rotatable bonds is 4. The van der Waals surface area contributed by atoms with Gasteiger partial charge in [0, 0.05) is 0 Å². The highest BCUT2D eigenvalue weighted by Crippen LogP contribution is 2.23. The van der Waals surface area contributed by atoms with Crippen molar-refractivity contribution < 1.29 is 23.8 Å². The molecule has 0 aliphatic rings. The highest BCUT2D eigenvalue weighted by atomic mass is 127. The maximum atomic E-state index is 12.1. The molecule has 0 heterocycles. The average Bonchev–Trinajstić information content (AvgIpc) is 2.54. The summed E-state index contributed by atoms with van der Waals surface area (Å²) >= 11 is 2.08. The van der Waals surface area contributed by atoms with Gasteiger partial charge in [-0.25, -0.2) is 9.59 Å². The second-order valence-electron chi connectivity index (χ2n) is 4.26. The number of hydrogen-bond acceptors (Lipinski definition) is 5. The van der Waals surface area contributed by atoms with Crippen LogP contribution in [0, 0.1) is 3.57 Å². The minimum Gasteiger partial charge on any atom is -0.496 e. The van der Waals surface area contributed by atoms with Gasteiger partial charge in [-0.2, -0.15) is 0 Å². The Kier molecular flexibility index (Phi) is 5.37. The van der Waals surface area contributed by atoms with E-state index in [-0.39, 0.29) is 5.75 Å². The summed E-state index contributed by atoms with van der Waals surface area (Å²) in [4.78, 5) is 23.6. The van der Waals surface area contributed by atoms with Gasteiger partial charge in [-0.15, -0.1) is 0 Å². The van der Waals surface area contributed by atoms with Crippen molar-refractivity contribution in [2.45, 2.75) is 0 Å². The zero-order valence-corrected chi connectivity index (χ0v) is 14.1. The molecule has 0 bridgehead atoms. The second kappa shape index (κ2) is 7.26.